The lowest BCUT2D eigenvalue weighted by Gasteiger charge is -2.19. The highest BCUT2D eigenvalue weighted by Gasteiger charge is 2.23. The number of rotatable bonds is 6. The molecule has 1 N–H and O–H groups in total. The summed E-state index contributed by atoms with van der Waals surface area (Å²) in [6.07, 6.45) is 2.89. The minimum absolute atomic E-state index is 0.470. The Kier molecular flexibility index (Phi) is 3.67. The molecule has 1 fully saturated rings. The van der Waals surface area contributed by atoms with Gasteiger partial charge in [0, 0.05) is 31.9 Å². The Morgan fingerprint density at radius 1 is 1.44 bits per heavy atom. The fourth-order valence-corrected chi connectivity index (χ4v) is 1.58. The van der Waals surface area contributed by atoms with Crippen LogP contribution in [0, 0.1) is 0 Å². The van der Waals surface area contributed by atoms with E-state index in [1.165, 1.54) is 18.5 Å². The fraction of sp³-hybridized carbons (Fsp3) is 0.538. The number of hydrogen-bond acceptors (Lipinski definition) is 3. The van der Waals surface area contributed by atoms with Crippen LogP contribution in [0.2, 0.25) is 0 Å². The third kappa shape index (κ3) is 3.14. The molecule has 0 bridgehead atoms. The summed E-state index contributed by atoms with van der Waals surface area (Å²) in [6, 6.07) is 8.33. The van der Waals surface area contributed by atoms with Crippen LogP contribution in [0.25, 0.3) is 0 Å². The smallest absolute Gasteiger partial charge is 0.121 e. The van der Waals surface area contributed by atoms with Crippen LogP contribution in [0.15, 0.2) is 24.3 Å². The Morgan fingerprint density at radius 2 is 2.25 bits per heavy atom. The van der Waals surface area contributed by atoms with E-state index in [1.54, 1.807) is 0 Å². The lowest BCUT2D eigenvalue weighted by molar-refractivity contribution is 0.303. The zero-order valence-electron chi connectivity index (χ0n) is 10.1. The molecule has 1 aliphatic carbocycles. The average molecular weight is 220 g/mol. The molecular weight excluding hydrogens is 200 g/mol. The monoisotopic (exact) mass is 220 g/mol. The van der Waals surface area contributed by atoms with Gasteiger partial charge in [-0.15, -0.1) is 0 Å². The summed E-state index contributed by atoms with van der Waals surface area (Å²) in [6.45, 7) is 1.99. The maximum Gasteiger partial charge on any atom is 0.121 e. The molecular formula is C13H20N2O. The Morgan fingerprint density at radius 3 is 2.94 bits per heavy atom. The minimum atomic E-state index is 0.470. The highest BCUT2D eigenvalue weighted by atomic mass is 16.5. The predicted molar refractivity (Wildman–Crippen MR) is 67.3 cm³/mol. The minimum Gasteiger partial charge on any atom is -0.490 e. The second kappa shape index (κ2) is 5.21. The lowest BCUT2D eigenvalue weighted by atomic mass is 10.3. The van der Waals surface area contributed by atoms with Crippen molar-refractivity contribution in [1.29, 1.82) is 0 Å². The second-order valence-electron chi connectivity index (χ2n) is 4.34. The first-order chi connectivity index (χ1) is 7.79. The van der Waals surface area contributed by atoms with Crippen molar-refractivity contribution in [2.75, 3.05) is 32.1 Å². The number of hydrogen-bond donors (Lipinski definition) is 1. The molecule has 3 nitrogen and oxygen atoms in total. The summed E-state index contributed by atoms with van der Waals surface area (Å²) >= 11 is 0. The number of anilines is 1. The molecule has 3 heteroatoms. The van der Waals surface area contributed by atoms with Crippen molar-refractivity contribution in [2.45, 2.75) is 18.9 Å². The van der Waals surface area contributed by atoms with Crippen LogP contribution in [-0.4, -0.2) is 33.3 Å². The second-order valence-corrected chi connectivity index (χ2v) is 4.34. The van der Waals surface area contributed by atoms with Crippen molar-refractivity contribution in [3.05, 3.63) is 24.3 Å². The van der Waals surface area contributed by atoms with Crippen molar-refractivity contribution >= 4 is 5.69 Å². The van der Waals surface area contributed by atoms with E-state index in [2.05, 4.69) is 35.5 Å². The highest BCUT2D eigenvalue weighted by molar-refractivity contribution is 5.50. The van der Waals surface area contributed by atoms with E-state index in [4.69, 9.17) is 4.74 Å². The summed E-state index contributed by atoms with van der Waals surface area (Å²) in [7, 11) is 4.08. The van der Waals surface area contributed by atoms with E-state index >= 15 is 0 Å². The molecule has 0 amide bonds. The number of nitrogens with zero attached hydrogens (tertiary/aromatic N) is 1. The third-order valence-electron chi connectivity index (χ3n) is 2.78. The Balaban J connectivity index is 1.96. The summed E-state index contributed by atoms with van der Waals surface area (Å²) in [5.74, 6) is 0.997. The van der Waals surface area contributed by atoms with E-state index in [-0.39, 0.29) is 0 Å². The average Bonchev–Trinajstić information content (AvgIpc) is 3.10. The molecule has 0 atom stereocenters. The maximum atomic E-state index is 5.78. The summed E-state index contributed by atoms with van der Waals surface area (Å²) < 4.78 is 5.78. The van der Waals surface area contributed by atoms with Crippen molar-refractivity contribution in [2.24, 2.45) is 0 Å². The Labute approximate surface area is 97.4 Å². The van der Waals surface area contributed by atoms with E-state index in [1.807, 2.05) is 13.1 Å². The topological polar surface area (TPSA) is 24.5 Å². The molecule has 1 aromatic carbocycles. The fourth-order valence-electron chi connectivity index (χ4n) is 1.58. The largest absolute Gasteiger partial charge is 0.490 e. The predicted octanol–water partition coefficient (Wildman–Crippen LogP) is 1.88. The standard InChI is InChI=1S/C13H20N2O/c1-14-8-9-15(2)11-4-3-5-13(10-11)16-12-6-7-12/h3-5,10,12,14H,6-9H2,1-2H3. The number of benzene rings is 1. The molecule has 16 heavy (non-hydrogen) atoms. The van der Waals surface area contributed by atoms with Gasteiger partial charge >= 0.3 is 0 Å². The van der Waals surface area contributed by atoms with Crippen molar-refractivity contribution in [3.8, 4) is 5.75 Å². The SMILES string of the molecule is CNCCN(C)c1cccc(OC2CC2)c1. The van der Waals surface area contributed by atoms with Crippen molar-refractivity contribution < 1.29 is 4.74 Å². The zero-order chi connectivity index (χ0) is 11.4. The van der Waals surface area contributed by atoms with Crippen LogP contribution in [0.1, 0.15) is 12.8 Å². The van der Waals surface area contributed by atoms with Gasteiger partial charge in [-0.3, -0.25) is 0 Å². The first kappa shape index (κ1) is 11.3. The van der Waals surface area contributed by atoms with E-state index in [0.717, 1.165) is 18.8 Å². The highest BCUT2D eigenvalue weighted by Crippen LogP contribution is 2.28. The van der Waals surface area contributed by atoms with Gasteiger partial charge in [0.2, 0.25) is 0 Å². The summed E-state index contributed by atoms with van der Waals surface area (Å²) in [5, 5.41) is 3.15. The molecule has 0 saturated heterocycles. The van der Waals surface area contributed by atoms with Crippen LogP contribution < -0.4 is 15.0 Å². The van der Waals surface area contributed by atoms with E-state index in [0.29, 0.717) is 6.10 Å². The molecule has 1 aromatic rings. The van der Waals surface area contributed by atoms with Gasteiger partial charge in [-0.25, -0.2) is 0 Å². The molecule has 88 valence electrons. The first-order valence-corrected chi connectivity index (χ1v) is 5.92. The van der Waals surface area contributed by atoms with Crippen LogP contribution in [0.3, 0.4) is 0 Å². The van der Waals surface area contributed by atoms with Gasteiger partial charge in [0.15, 0.2) is 0 Å². The van der Waals surface area contributed by atoms with E-state index in [9.17, 15) is 0 Å². The molecule has 1 saturated carbocycles. The normalized spacial score (nSPS) is 14.9. The molecule has 0 heterocycles. The summed E-state index contributed by atoms with van der Waals surface area (Å²) in [5.41, 5.74) is 1.22. The van der Waals surface area contributed by atoms with Crippen LogP contribution in [-0.2, 0) is 0 Å². The first-order valence-electron chi connectivity index (χ1n) is 5.92. The number of likely N-dealkylation sites (N-methyl/N-ethyl adjacent to an activating group) is 2. The number of nitrogens with one attached hydrogen (secondary N) is 1. The van der Waals surface area contributed by atoms with Crippen molar-refractivity contribution in [1.82, 2.24) is 5.32 Å². The quantitative estimate of drug-likeness (QED) is 0.792. The maximum absolute atomic E-state index is 5.78. The van der Waals surface area contributed by atoms with Gasteiger partial charge < -0.3 is 15.0 Å². The van der Waals surface area contributed by atoms with Crippen molar-refractivity contribution in [3.63, 3.8) is 0 Å². The third-order valence-corrected chi connectivity index (χ3v) is 2.78. The molecule has 1 aliphatic rings. The molecule has 2 rings (SSSR count). The van der Waals surface area contributed by atoms with Gasteiger partial charge in [-0.05, 0) is 32.0 Å². The molecule has 0 unspecified atom stereocenters. The molecule has 0 aromatic heterocycles. The van der Waals surface area contributed by atoms with Gasteiger partial charge in [0.05, 0.1) is 6.10 Å². The Bertz CT molecular complexity index is 336. The van der Waals surface area contributed by atoms with Gasteiger partial charge in [-0.1, -0.05) is 6.07 Å². The molecule has 0 radical (unpaired) electrons. The number of ether oxygens (including phenoxy) is 1. The molecule has 0 spiro atoms. The summed E-state index contributed by atoms with van der Waals surface area (Å²) in [4.78, 5) is 2.23. The van der Waals surface area contributed by atoms with Gasteiger partial charge in [-0.2, -0.15) is 0 Å². The zero-order valence-corrected chi connectivity index (χ0v) is 10.1. The van der Waals surface area contributed by atoms with Crippen LogP contribution in [0.5, 0.6) is 5.75 Å². The van der Waals surface area contributed by atoms with Crippen LogP contribution >= 0.6 is 0 Å². The van der Waals surface area contributed by atoms with Gasteiger partial charge in [0.25, 0.3) is 0 Å². The van der Waals surface area contributed by atoms with Gasteiger partial charge in [0.1, 0.15) is 5.75 Å². The molecule has 0 aliphatic heterocycles. The lowest BCUT2D eigenvalue weighted by Crippen LogP contribution is -2.26. The van der Waals surface area contributed by atoms with E-state index < -0.39 is 0 Å². The Hall–Kier alpha value is -1.22. The van der Waals surface area contributed by atoms with Crippen LogP contribution in [0.4, 0.5) is 5.69 Å².